The molecule has 1 aliphatic carbocycles. The second-order valence-corrected chi connectivity index (χ2v) is 10.5. The number of aryl methyl sites for hydroxylation is 1. The van der Waals surface area contributed by atoms with E-state index >= 15 is 0 Å². The highest BCUT2D eigenvalue weighted by molar-refractivity contribution is 9.10. The average Bonchev–Trinajstić information content (AvgIpc) is 3.45. The molecule has 8 nitrogen and oxygen atoms in total. The number of sulfonamides is 1. The average molecular weight is 504 g/mol. The molecule has 2 aromatic rings. The van der Waals surface area contributed by atoms with Gasteiger partial charge in [0.25, 0.3) is 5.56 Å². The summed E-state index contributed by atoms with van der Waals surface area (Å²) in [5, 5.41) is 21.7. The first kappa shape index (κ1) is 22.7. The van der Waals surface area contributed by atoms with E-state index in [9.17, 15) is 22.7 Å². The molecule has 11 heteroatoms. The Bertz CT molecular complexity index is 1130. The van der Waals surface area contributed by atoms with Crippen LogP contribution in [0.15, 0.2) is 33.7 Å². The molecule has 0 saturated heterocycles. The molecule has 0 bridgehead atoms. The Morgan fingerprint density at radius 2 is 2.00 bits per heavy atom. The topological polar surface area (TPSA) is 121 Å². The van der Waals surface area contributed by atoms with Crippen molar-refractivity contribution in [3.63, 3.8) is 0 Å². The van der Waals surface area contributed by atoms with Crippen molar-refractivity contribution in [2.45, 2.75) is 37.0 Å². The third-order valence-electron chi connectivity index (χ3n) is 5.24. The summed E-state index contributed by atoms with van der Waals surface area (Å²) in [7, 11) is -2.48. The van der Waals surface area contributed by atoms with Crippen molar-refractivity contribution in [1.29, 1.82) is 0 Å². The second kappa shape index (κ2) is 8.29. The third kappa shape index (κ3) is 4.39. The second-order valence-electron chi connectivity index (χ2n) is 7.54. The van der Waals surface area contributed by atoms with Gasteiger partial charge >= 0.3 is 0 Å². The number of benzene rings is 1. The first-order valence-electron chi connectivity index (χ1n) is 9.23. The summed E-state index contributed by atoms with van der Waals surface area (Å²) < 4.78 is 43.5. The fourth-order valence-corrected chi connectivity index (χ4v) is 5.37. The highest BCUT2D eigenvalue weighted by atomic mass is 79.9. The van der Waals surface area contributed by atoms with Crippen LogP contribution in [0.25, 0.3) is 0 Å². The number of rotatable bonds is 8. The van der Waals surface area contributed by atoms with Gasteiger partial charge in [0.1, 0.15) is 5.82 Å². The summed E-state index contributed by atoms with van der Waals surface area (Å²) in [6.45, 7) is 0.980. The minimum Gasteiger partial charge on any atom is -0.394 e. The molecule has 1 unspecified atom stereocenters. The van der Waals surface area contributed by atoms with E-state index in [1.807, 2.05) is 0 Å². The molecule has 1 heterocycles. The van der Waals surface area contributed by atoms with E-state index in [-0.39, 0.29) is 34.6 Å². The lowest BCUT2D eigenvalue weighted by Gasteiger charge is -2.23. The number of hydrogen-bond acceptors (Lipinski definition) is 6. The maximum atomic E-state index is 14.3. The van der Waals surface area contributed by atoms with E-state index < -0.39 is 33.3 Å². The number of nitrogens with zero attached hydrogens (tertiary/aromatic N) is 1. The van der Waals surface area contributed by atoms with Gasteiger partial charge in [-0.1, -0.05) is 15.9 Å². The molecule has 0 aliphatic heterocycles. The van der Waals surface area contributed by atoms with Crippen LogP contribution in [0.5, 0.6) is 0 Å². The Labute approximate surface area is 181 Å². The van der Waals surface area contributed by atoms with Crippen LogP contribution in [0.4, 0.5) is 21.5 Å². The van der Waals surface area contributed by atoms with Crippen LogP contribution in [0, 0.1) is 12.7 Å². The number of anilines is 3. The summed E-state index contributed by atoms with van der Waals surface area (Å²) in [6, 6.07) is 4.33. The minimum atomic E-state index is -3.96. The van der Waals surface area contributed by atoms with Crippen molar-refractivity contribution in [2.24, 2.45) is 7.05 Å². The van der Waals surface area contributed by atoms with E-state index in [0.29, 0.717) is 17.3 Å². The monoisotopic (exact) mass is 503 g/mol. The summed E-state index contributed by atoms with van der Waals surface area (Å²) in [5.41, 5.74) is 0.144. The first-order chi connectivity index (χ1) is 14.0. The Hall–Kier alpha value is -1.95. The van der Waals surface area contributed by atoms with E-state index in [2.05, 4.69) is 26.0 Å². The molecule has 1 aromatic carbocycles. The first-order valence-corrected chi connectivity index (χ1v) is 11.5. The predicted octanol–water partition coefficient (Wildman–Crippen LogP) is 2.36. The standard InChI is InChI=1S/C19H23BrFN3O5S/c1-11-17(22-15-4-3-12(20)7-14(15)21)16(9-24(2)18(11)27)23-30(28,29)19(5-6-19)8-13(26)10-25/h3-4,7,9,13,22-23,25-26H,5-6,8,10H2,1-2H3. The smallest absolute Gasteiger partial charge is 0.255 e. The van der Waals surface area contributed by atoms with Gasteiger partial charge < -0.3 is 20.1 Å². The van der Waals surface area contributed by atoms with Crippen LogP contribution in [0.3, 0.4) is 0 Å². The quantitative estimate of drug-likeness (QED) is 0.438. The zero-order chi connectivity index (χ0) is 22.3. The van der Waals surface area contributed by atoms with Gasteiger partial charge in [0.2, 0.25) is 10.0 Å². The molecule has 1 aromatic heterocycles. The number of nitrogens with one attached hydrogen (secondary N) is 2. The Morgan fingerprint density at radius 3 is 2.57 bits per heavy atom. The van der Waals surface area contributed by atoms with Crippen molar-refractivity contribution in [3.05, 3.63) is 50.6 Å². The summed E-state index contributed by atoms with van der Waals surface area (Å²) in [6.07, 6.45) is 0.751. The molecule has 0 radical (unpaired) electrons. The molecule has 1 atom stereocenters. The lowest BCUT2D eigenvalue weighted by Crippen LogP contribution is -2.35. The Balaban J connectivity index is 2.01. The molecule has 0 amide bonds. The van der Waals surface area contributed by atoms with Crippen molar-refractivity contribution in [1.82, 2.24) is 4.57 Å². The van der Waals surface area contributed by atoms with E-state index in [1.165, 1.54) is 36.9 Å². The molecule has 3 rings (SSSR count). The van der Waals surface area contributed by atoms with Crippen LogP contribution >= 0.6 is 15.9 Å². The molecule has 164 valence electrons. The predicted molar refractivity (Wildman–Crippen MR) is 116 cm³/mol. The number of aliphatic hydroxyl groups excluding tert-OH is 2. The molecule has 0 spiro atoms. The van der Waals surface area contributed by atoms with Crippen molar-refractivity contribution < 1.29 is 23.0 Å². The molecule has 1 aliphatic rings. The zero-order valence-electron chi connectivity index (χ0n) is 16.4. The number of aliphatic hydroxyl groups is 2. The Kier molecular flexibility index (Phi) is 6.28. The minimum absolute atomic E-state index is 0.0758. The fraction of sp³-hybridized carbons (Fsp3) is 0.421. The molecule has 30 heavy (non-hydrogen) atoms. The third-order valence-corrected chi connectivity index (χ3v) is 7.94. The van der Waals surface area contributed by atoms with Gasteiger partial charge in [-0.15, -0.1) is 0 Å². The van der Waals surface area contributed by atoms with Crippen LogP contribution in [-0.4, -0.2) is 40.7 Å². The van der Waals surface area contributed by atoms with Gasteiger partial charge in [0.05, 0.1) is 34.5 Å². The van der Waals surface area contributed by atoms with Crippen LogP contribution in [0.2, 0.25) is 0 Å². The Morgan fingerprint density at radius 1 is 1.33 bits per heavy atom. The lowest BCUT2D eigenvalue weighted by molar-refractivity contribution is 0.0858. The largest absolute Gasteiger partial charge is 0.394 e. The number of halogens is 2. The van der Waals surface area contributed by atoms with Crippen molar-refractivity contribution in [3.8, 4) is 0 Å². The van der Waals surface area contributed by atoms with Crippen LogP contribution in [-0.2, 0) is 17.1 Å². The SMILES string of the molecule is Cc1c(Nc2ccc(Br)cc2F)c(NS(=O)(=O)C2(CC(O)CO)CC2)cn(C)c1=O. The fourth-order valence-electron chi connectivity index (χ4n) is 3.32. The van der Waals surface area contributed by atoms with Crippen LogP contribution in [0.1, 0.15) is 24.8 Å². The molecular formula is C19H23BrFN3O5S. The summed E-state index contributed by atoms with van der Waals surface area (Å²) in [4.78, 5) is 12.4. The maximum absolute atomic E-state index is 14.3. The highest BCUT2D eigenvalue weighted by Gasteiger charge is 2.55. The van der Waals surface area contributed by atoms with Gasteiger partial charge in [-0.25, -0.2) is 12.8 Å². The van der Waals surface area contributed by atoms with Gasteiger partial charge in [0.15, 0.2) is 0 Å². The molecule has 1 fully saturated rings. The lowest BCUT2D eigenvalue weighted by atomic mass is 10.2. The molecule has 1 saturated carbocycles. The number of hydrogen-bond donors (Lipinski definition) is 4. The van der Waals surface area contributed by atoms with Gasteiger partial charge in [0, 0.05) is 23.3 Å². The summed E-state index contributed by atoms with van der Waals surface area (Å²) >= 11 is 3.17. The van der Waals surface area contributed by atoms with Gasteiger partial charge in [-0.2, -0.15) is 0 Å². The van der Waals surface area contributed by atoms with Crippen molar-refractivity contribution in [2.75, 3.05) is 16.6 Å². The van der Waals surface area contributed by atoms with E-state index in [4.69, 9.17) is 5.11 Å². The summed E-state index contributed by atoms with van der Waals surface area (Å²) in [5.74, 6) is -0.581. The normalized spacial score (nSPS) is 16.2. The zero-order valence-corrected chi connectivity index (χ0v) is 18.8. The van der Waals surface area contributed by atoms with Crippen molar-refractivity contribution >= 4 is 43.0 Å². The number of pyridine rings is 1. The van der Waals surface area contributed by atoms with Gasteiger partial charge in [-0.05, 0) is 44.4 Å². The van der Waals surface area contributed by atoms with E-state index in [0.717, 1.165) is 0 Å². The highest BCUT2D eigenvalue weighted by Crippen LogP contribution is 2.48. The maximum Gasteiger partial charge on any atom is 0.255 e. The number of aromatic nitrogens is 1. The molecular weight excluding hydrogens is 481 g/mol. The van der Waals surface area contributed by atoms with E-state index in [1.54, 1.807) is 6.07 Å². The molecule has 4 N–H and O–H groups in total. The van der Waals surface area contributed by atoms with Gasteiger partial charge in [-0.3, -0.25) is 9.52 Å². The van der Waals surface area contributed by atoms with Crippen LogP contribution < -0.4 is 15.6 Å².